The van der Waals surface area contributed by atoms with Crippen LogP contribution < -0.4 is 4.74 Å². The lowest BCUT2D eigenvalue weighted by Gasteiger charge is -2.12. The van der Waals surface area contributed by atoms with Crippen molar-refractivity contribution in [2.75, 3.05) is 0 Å². The van der Waals surface area contributed by atoms with Crippen LogP contribution in [0.1, 0.15) is 5.56 Å². The van der Waals surface area contributed by atoms with Gasteiger partial charge in [-0.1, -0.05) is 46.3 Å². The molecule has 0 N–H and O–H groups in total. The first-order valence-electron chi connectivity index (χ1n) is 6.38. The fourth-order valence-corrected chi connectivity index (χ4v) is 3.18. The van der Waals surface area contributed by atoms with Crippen molar-refractivity contribution in [2.45, 2.75) is 5.33 Å². The van der Waals surface area contributed by atoms with Crippen LogP contribution in [0.5, 0.6) is 11.5 Å². The van der Waals surface area contributed by atoms with Gasteiger partial charge in [-0.3, -0.25) is 0 Å². The summed E-state index contributed by atoms with van der Waals surface area (Å²) in [5.41, 5.74) is 0.773. The second kappa shape index (κ2) is 6.16. The first-order chi connectivity index (χ1) is 10.2. The van der Waals surface area contributed by atoms with E-state index in [2.05, 4.69) is 31.9 Å². The predicted octanol–water partition coefficient (Wildman–Crippen LogP) is 6.43. The molecule has 0 saturated heterocycles. The van der Waals surface area contributed by atoms with E-state index in [0.29, 0.717) is 16.8 Å². The van der Waals surface area contributed by atoms with Crippen LogP contribution in [0, 0.1) is 5.82 Å². The number of benzene rings is 3. The van der Waals surface area contributed by atoms with Gasteiger partial charge in [0, 0.05) is 10.9 Å². The van der Waals surface area contributed by atoms with Crippen molar-refractivity contribution in [3.05, 3.63) is 70.5 Å². The van der Waals surface area contributed by atoms with E-state index >= 15 is 0 Å². The lowest BCUT2D eigenvalue weighted by Crippen LogP contribution is -1.92. The number of alkyl halides is 1. The zero-order valence-electron chi connectivity index (χ0n) is 10.9. The first-order valence-corrected chi connectivity index (χ1v) is 8.30. The number of fused-ring (bicyclic) bond motifs is 1. The van der Waals surface area contributed by atoms with Crippen LogP contribution in [0.4, 0.5) is 4.39 Å². The molecule has 0 aliphatic carbocycles. The van der Waals surface area contributed by atoms with Gasteiger partial charge >= 0.3 is 0 Å². The molecule has 0 spiro atoms. The molecule has 21 heavy (non-hydrogen) atoms. The molecule has 0 heterocycles. The van der Waals surface area contributed by atoms with Crippen molar-refractivity contribution >= 4 is 42.6 Å². The van der Waals surface area contributed by atoms with Crippen molar-refractivity contribution in [3.63, 3.8) is 0 Å². The molecule has 0 aliphatic rings. The summed E-state index contributed by atoms with van der Waals surface area (Å²) in [6.07, 6.45) is 0. The maximum atomic E-state index is 13.3. The van der Waals surface area contributed by atoms with Gasteiger partial charge in [0.2, 0.25) is 0 Å². The summed E-state index contributed by atoms with van der Waals surface area (Å²) in [7, 11) is 0. The van der Waals surface area contributed by atoms with Crippen molar-refractivity contribution < 1.29 is 9.13 Å². The lowest BCUT2D eigenvalue weighted by atomic mass is 10.1. The Morgan fingerprint density at radius 2 is 1.71 bits per heavy atom. The van der Waals surface area contributed by atoms with Gasteiger partial charge in [-0.2, -0.15) is 0 Å². The number of rotatable bonds is 3. The SMILES string of the molecule is Fc1ccc(Oc2ccc3ccccc3c2Br)c(CBr)c1. The number of hydrogen-bond acceptors (Lipinski definition) is 1. The summed E-state index contributed by atoms with van der Waals surface area (Å²) >= 11 is 6.95. The van der Waals surface area contributed by atoms with Crippen molar-refractivity contribution in [1.82, 2.24) is 0 Å². The highest BCUT2D eigenvalue weighted by Gasteiger charge is 2.10. The third-order valence-electron chi connectivity index (χ3n) is 3.21. The van der Waals surface area contributed by atoms with Crippen LogP contribution >= 0.6 is 31.9 Å². The van der Waals surface area contributed by atoms with E-state index in [1.54, 1.807) is 6.07 Å². The smallest absolute Gasteiger partial charge is 0.142 e. The molecule has 4 heteroatoms. The second-order valence-electron chi connectivity index (χ2n) is 4.59. The topological polar surface area (TPSA) is 9.23 Å². The molecular weight excluding hydrogens is 399 g/mol. The Morgan fingerprint density at radius 1 is 0.952 bits per heavy atom. The number of halogens is 3. The minimum absolute atomic E-state index is 0.269. The zero-order valence-corrected chi connectivity index (χ0v) is 14.1. The van der Waals surface area contributed by atoms with E-state index in [9.17, 15) is 4.39 Å². The van der Waals surface area contributed by atoms with Gasteiger partial charge in [-0.25, -0.2) is 4.39 Å². The van der Waals surface area contributed by atoms with E-state index < -0.39 is 0 Å². The number of ether oxygens (including phenoxy) is 1. The minimum Gasteiger partial charge on any atom is -0.456 e. The normalized spacial score (nSPS) is 10.8. The van der Waals surface area contributed by atoms with Crippen molar-refractivity contribution in [1.29, 1.82) is 0 Å². The Bertz CT molecular complexity index is 802. The van der Waals surface area contributed by atoms with Crippen LogP contribution in [-0.2, 0) is 5.33 Å². The second-order valence-corrected chi connectivity index (χ2v) is 5.94. The third kappa shape index (κ3) is 2.97. The molecule has 3 aromatic rings. The lowest BCUT2D eigenvalue weighted by molar-refractivity contribution is 0.474. The Hall–Kier alpha value is -1.39. The summed E-state index contributed by atoms with van der Waals surface area (Å²) < 4.78 is 20.1. The monoisotopic (exact) mass is 408 g/mol. The average Bonchev–Trinajstić information content (AvgIpc) is 2.51. The van der Waals surface area contributed by atoms with E-state index in [-0.39, 0.29) is 5.82 Å². The Labute approximate surface area is 139 Å². The summed E-state index contributed by atoms with van der Waals surface area (Å²) in [6, 6.07) is 16.5. The van der Waals surface area contributed by atoms with Gasteiger partial charge in [0.25, 0.3) is 0 Å². The average molecular weight is 410 g/mol. The van der Waals surface area contributed by atoms with E-state index in [0.717, 1.165) is 20.8 Å². The summed E-state index contributed by atoms with van der Waals surface area (Å²) in [5.74, 6) is 1.08. The molecule has 106 valence electrons. The molecular formula is C17H11Br2FO. The van der Waals surface area contributed by atoms with Crippen molar-refractivity contribution in [2.24, 2.45) is 0 Å². The molecule has 0 saturated carbocycles. The van der Waals surface area contributed by atoms with Crippen LogP contribution in [0.2, 0.25) is 0 Å². The molecule has 0 radical (unpaired) electrons. The highest BCUT2D eigenvalue weighted by atomic mass is 79.9. The predicted molar refractivity (Wildman–Crippen MR) is 90.8 cm³/mol. The highest BCUT2D eigenvalue weighted by molar-refractivity contribution is 9.10. The molecule has 3 rings (SSSR count). The van der Waals surface area contributed by atoms with Gasteiger partial charge in [0.1, 0.15) is 17.3 Å². The van der Waals surface area contributed by atoms with Crippen LogP contribution in [0.3, 0.4) is 0 Å². The van der Waals surface area contributed by atoms with E-state index in [1.165, 1.54) is 12.1 Å². The first kappa shape index (κ1) is 14.5. The fourth-order valence-electron chi connectivity index (χ4n) is 2.16. The van der Waals surface area contributed by atoms with Gasteiger partial charge in [0.05, 0.1) is 4.47 Å². The van der Waals surface area contributed by atoms with Gasteiger partial charge in [0.15, 0.2) is 0 Å². The zero-order chi connectivity index (χ0) is 14.8. The van der Waals surface area contributed by atoms with Gasteiger partial charge in [-0.05, 0) is 51.0 Å². The Kier molecular flexibility index (Phi) is 4.27. The summed E-state index contributed by atoms with van der Waals surface area (Å²) in [5, 5.41) is 2.75. The summed E-state index contributed by atoms with van der Waals surface area (Å²) in [6.45, 7) is 0. The van der Waals surface area contributed by atoms with Crippen molar-refractivity contribution in [3.8, 4) is 11.5 Å². The van der Waals surface area contributed by atoms with Crippen LogP contribution in [0.25, 0.3) is 10.8 Å². The number of hydrogen-bond donors (Lipinski definition) is 0. The minimum atomic E-state index is -0.269. The van der Waals surface area contributed by atoms with E-state index in [1.807, 2.05) is 36.4 Å². The molecule has 1 nitrogen and oxygen atoms in total. The standard InChI is InChI=1S/C17H11Br2FO/c18-10-12-9-13(20)6-8-15(12)21-16-7-5-11-3-1-2-4-14(11)17(16)19/h1-9H,10H2. The van der Waals surface area contributed by atoms with E-state index in [4.69, 9.17) is 4.74 Å². The molecule has 0 unspecified atom stereocenters. The Balaban J connectivity index is 2.04. The quantitative estimate of drug-likeness (QED) is 0.453. The molecule has 3 aromatic carbocycles. The highest BCUT2D eigenvalue weighted by Crippen LogP contribution is 2.37. The van der Waals surface area contributed by atoms with Crippen LogP contribution in [0.15, 0.2) is 59.1 Å². The van der Waals surface area contributed by atoms with Gasteiger partial charge < -0.3 is 4.74 Å². The van der Waals surface area contributed by atoms with Crippen LogP contribution in [-0.4, -0.2) is 0 Å². The van der Waals surface area contributed by atoms with Gasteiger partial charge in [-0.15, -0.1) is 0 Å². The largest absolute Gasteiger partial charge is 0.456 e. The molecule has 0 aliphatic heterocycles. The molecule has 0 atom stereocenters. The fraction of sp³-hybridized carbons (Fsp3) is 0.0588. The molecule has 0 fully saturated rings. The molecule has 0 amide bonds. The maximum Gasteiger partial charge on any atom is 0.142 e. The third-order valence-corrected chi connectivity index (χ3v) is 4.64. The molecule has 0 bridgehead atoms. The Morgan fingerprint density at radius 3 is 2.52 bits per heavy atom. The maximum absolute atomic E-state index is 13.3. The molecule has 0 aromatic heterocycles. The summed E-state index contributed by atoms with van der Waals surface area (Å²) in [4.78, 5) is 0.